The summed E-state index contributed by atoms with van der Waals surface area (Å²) in [5, 5.41) is 0. The van der Waals surface area contributed by atoms with Gasteiger partial charge in [0.2, 0.25) is 0 Å². The third-order valence-corrected chi connectivity index (χ3v) is 3.40. The molecule has 0 unspecified atom stereocenters. The molecule has 0 N–H and O–H groups in total. The molecule has 0 bridgehead atoms. The van der Waals surface area contributed by atoms with Crippen LogP contribution in [0.2, 0.25) is 0 Å². The Hall–Kier alpha value is -0.200. The van der Waals surface area contributed by atoms with Crippen LogP contribution in [0.5, 0.6) is 0 Å². The van der Waals surface area contributed by atoms with Crippen LogP contribution < -0.4 is 0 Å². The average Bonchev–Trinajstić information content (AvgIpc) is 2.52. The first-order chi connectivity index (χ1) is 12.7. The van der Waals surface area contributed by atoms with Crippen molar-refractivity contribution in [3.8, 4) is 0 Å². The van der Waals surface area contributed by atoms with E-state index in [4.69, 9.17) is 23.7 Å². The van der Waals surface area contributed by atoms with Crippen molar-refractivity contribution in [3.63, 3.8) is 0 Å². The number of hydrogen-bond donors (Lipinski definition) is 0. The zero-order chi connectivity index (χ0) is 20.7. The largest absolute Gasteiger partial charge is 0.378 e. The Bertz CT molecular complexity index is 260. The van der Waals surface area contributed by atoms with E-state index in [0.29, 0.717) is 50.1 Å². The van der Waals surface area contributed by atoms with Crippen molar-refractivity contribution in [1.29, 1.82) is 0 Å². The van der Waals surface area contributed by atoms with Gasteiger partial charge in [0.05, 0.1) is 26.4 Å². The summed E-state index contributed by atoms with van der Waals surface area (Å²) >= 11 is 0. The fraction of sp³-hybridized carbons (Fsp3) is 1.00. The molecule has 0 radical (unpaired) electrons. The van der Waals surface area contributed by atoms with Crippen LogP contribution in [0, 0.1) is 23.7 Å². The van der Waals surface area contributed by atoms with Gasteiger partial charge in [-0.3, -0.25) is 0 Å². The summed E-state index contributed by atoms with van der Waals surface area (Å²) < 4.78 is 29.5. The molecule has 5 heteroatoms. The van der Waals surface area contributed by atoms with Gasteiger partial charge < -0.3 is 23.7 Å². The predicted molar refractivity (Wildman–Crippen MR) is 111 cm³/mol. The van der Waals surface area contributed by atoms with Gasteiger partial charge in [-0.05, 0) is 23.7 Å². The minimum absolute atomic E-state index is 0.113. The van der Waals surface area contributed by atoms with Crippen molar-refractivity contribution < 1.29 is 23.7 Å². The summed E-state index contributed by atoms with van der Waals surface area (Å²) in [5.41, 5.74) is 0. The Kier molecular flexibility index (Phi) is 16.6. The van der Waals surface area contributed by atoms with Crippen LogP contribution in [0.4, 0.5) is 0 Å². The Morgan fingerprint density at radius 1 is 0.370 bits per heavy atom. The molecule has 0 heterocycles. The second-order valence-corrected chi connectivity index (χ2v) is 9.11. The first kappa shape index (κ1) is 26.8. The molecule has 0 aliphatic carbocycles. The average molecular weight is 391 g/mol. The van der Waals surface area contributed by atoms with E-state index in [9.17, 15) is 0 Å². The molecule has 0 saturated carbocycles. The zero-order valence-electron chi connectivity index (χ0n) is 19.2. The first-order valence-electron chi connectivity index (χ1n) is 10.7. The third-order valence-electron chi connectivity index (χ3n) is 3.40. The van der Waals surface area contributed by atoms with E-state index < -0.39 is 0 Å². The molecule has 0 rings (SSSR count). The van der Waals surface area contributed by atoms with Crippen molar-refractivity contribution in [2.24, 2.45) is 23.7 Å². The maximum absolute atomic E-state index is 6.28. The lowest BCUT2D eigenvalue weighted by molar-refractivity contribution is -0.135. The molecule has 164 valence electrons. The second kappa shape index (κ2) is 16.7. The number of rotatable bonds is 18. The van der Waals surface area contributed by atoms with Crippen LogP contribution in [0.1, 0.15) is 55.4 Å². The van der Waals surface area contributed by atoms with Gasteiger partial charge in [0, 0.05) is 26.4 Å². The standard InChI is InChI=1S/C22H46O5/c1-17(2)9-23-13-21(14-24-10-18(3)4)27-22(15-25-11-19(5)6)16-26-12-20(7)8/h17-22H,9-16H2,1-8H3. The first-order valence-corrected chi connectivity index (χ1v) is 10.7. The molecule has 0 aromatic carbocycles. The molecule has 0 fully saturated rings. The molecule has 0 aromatic rings. The van der Waals surface area contributed by atoms with Gasteiger partial charge in [-0.2, -0.15) is 0 Å². The lowest BCUT2D eigenvalue weighted by Crippen LogP contribution is -2.36. The van der Waals surface area contributed by atoms with E-state index in [0.717, 1.165) is 26.4 Å². The van der Waals surface area contributed by atoms with E-state index in [1.54, 1.807) is 0 Å². The normalized spacial score (nSPS) is 12.7. The molecule has 5 nitrogen and oxygen atoms in total. The Morgan fingerprint density at radius 3 is 0.778 bits per heavy atom. The van der Waals surface area contributed by atoms with Crippen LogP contribution in [0.25, 0.3) is 0 Å². The van der Waals surface area contributed by atoms with E-state index in [2.05, 4.69) is 55.4 Å². The molecule has 0 saturated heterocycles. The van der Waals surface area contributed by atoms with Gasteiger partial charge in [0.1, 0.15) is 12.2 Å². The molecule has 0 aliphatic rings. The summed E-state index contributed by atoms with van der Waals surface area (Å²) in [7, 11) is 0. The Morgan fingerprint density at radius 2 is 0.593 bits per heavy atom. The van der Waals surface area contributed by atoms with Gasteiger partial charge in [0.25, 0.3) is 0 Å². The highest BCUT2D eigenvalue weighted by atomic mass is 16.6. The minimum Gasteiger partial charge on any atom is -0.378 e. The lowest BCUT2D eigenvalue weighted by atomic mass is 10.2. The lowest BCUT2D eigenvalue weighted by Gasteiger charge is -2.26. The van der Waals surface area contributed by atoms with Crippen molar-refractivity contribution in [1.82, 2.24) is 0 Å². The molecular formula is C22H46O5. The Labute approximate surface area is 168 Å². The predicted octanol–water partition coefficient (Wildman–Crippen LogP) is 4.43. The van der Waals surface area contributed by atoms with E-state index >= 15 is 0 Å². The van der Waals surface area contributed by atoms with Gasteiger partial charge in [-0.1, -0.05) is 55.4 Å². The van der Waals surface area contributed by atoms with Gasteiger partial charge >= 0.3 is 0 Å². The highest BCUT2D eigenvalue weighted by Gasteiger charge is 2.19. The molecular weight excluding hydrogens is 344 g/mol. The van der Waals surface area contributed by atoms with E-state index in [-0.39, 0.29) is 12.2 Å². The summed E-state index contributed by atoms with van der Waals surface area (Å²) in [6, 6.07) is 0. The zero-order valence-corrected chi connectivity index (χ0v) is 19.2. The molecule has 27 heavy (non-hydrogen) atoms. The number of ether oxygens (including phenoxy) is 5. The molecule has 0 atom stereocenters. The van der Waals surface area contributed by atoms with Crippen LogP contribution in [-0.4, -0.2) is 65.1 Å². The summed E-state index contributed by atoms with van der Waals surface area (Å²) in [6.45, 7) is 22.2. The van der Waals surface area contributed by atoms with Crippen molar-refractivity contribution >= 4 is 0 Å². The molecule has 0 spiro atoms. The highest BCUT2D eigenvalue weighted by Crippen LogP contribution is 2.08. The maximum Gasteiger partial charge on any atom is 0.105 e. The summed E-state index contributed by atoms with van der Waals surface area (Å²) in [4.78, 5) is 0. The van der Waals surface area contributed by atoms with Crippen molar-refractivity contribution in [2.45, 2.75) is 67.6 Å². The van der Waals surface area contributed by atoms with Crippen LogP contribution in [0.3, 0.4) is 0 Å². The fourth-order valence-electron chi connectivity index (χ4n) is 2.27. The molecule has 0 aromatic heterocycles. The number of hydrogen-bond acceptors (Lipinski definition) is 5. The van der Waals surface area contributed by atoms with Crippen LogP contribution in [-0.2, 0) is 23.7 Å². The van der Waals surface area contributed by atoms with Gasteiger partial charge in [0.15, 0.2) is 0 Å². The minimum atomic E-state index is -0.113. The quantitative estimate of drug-likeness (QED) is 0.346. The van der Waals surface area contributed by atoms with Crippen molar-refractivity contribution in [2.75, 3.05) is 52.9 Å². The summed E-state index contributed by atoms with van der Waals surface area (Å²) in [6.07, 6.45) is -0.226. The highest BCUT2D eigenvalue weighted by molar-refractivity contribution is 4.64. The van der Waals surface area contributed by atoms with Crippen molar-refractivity contribution in [3.05, 3.63) is 0 Å². The topological polar surface area (TPSA) is 46.2 Å². The van der Waals surface area contributed by atoms with E-state index in [1.165, 1.54) is 0 Å². The van der Waals surface area contributed by atoms with Gasteiger partial charge in [-0.15, -0.1) is 0 Å². The smallest absolute Gasteiger partial charge is 0.105 e. The van der Waals surface area contributed by atoms with Crippen LogP contribution in [0.15, 0.2) is 0 Å². The van der Waals surface area contributed by atoms with Crippen LogP contribution >= 0.6 is 0 Å². The van der Waals surface area contributed by atoms with E-state index in [1.807, 2.05) is 0 Å². The monoisotopic (exact) mass is 390 g/mol. The molecule has 0 aliphatic heterocycles. The third kappa shape index (κ3) is 18.9. The maximum atomic E-state index is 6.28. The molecule has 0 amide bonds. The fourth-order valence-corrected chi connectivity index (χ4v) is 2.27. The second-order valence-electron chi connectivity index (χ2n) is 9.11. The van der Waals surface area contributed by atoms with Gasteiger partial charge in [-0.25, -0.2) is 0 Å². The Balaban J connectivity index is 4.61. The summed E-state index contributed by atoms with van der Waals surface area (Å²) in [5.74, 6) is 2.01. The SMILES string of the molecule is CC(C)COCC(COCC(C)C)OC(COCC(C)C)COCC(C)C.